The highest BCUT2D eigenvalue weighted by Gasteiger charge is 2.18. The van der Waals surface area contributed by atoms with Crippen LogP contribution in [-0.2, 0) is 13.1 Å². The second-order valence-corrected chi connectivity index (χ2v) is 8.03. The number of fused-ring (bicyclic) bond motifs is 2. The Morgan fingerprint density at radius 3 is 2.88 bits per heavy atom. The third kappa shape index (κ3) is 3.16. The predicted molar refractivity (Wildman–Crippen MR) is 120 cm³/mol. The zero-order valence-corrected chi connectivity index (χ0v) is 17.6. The zero-order valence-electron chi connectivity index (χ0n) is 16.8. The van der Waals surface area contributed by atoms with Crippen molar-refractivity contribution in [2.24, 2.45) is 0 Å². The number of aromatic amines is 1. The van der Waals surface area contributed by atoms with Crippen molar-refractivity contribution < 1.29 is 4.39 Å². The van der Waals surface area contributed by atoms with Crippen LogP contribution in [0.5, 0.6) is 0 Å². The molecule has 158 valence electrons. The van der Waals surface area contributed by atoms with E-state index in [2.05, 4.69) is 29.8 Å². The molecule has 7 nitrogen and oxygen atoms in total. The van der Waals surface area contributed by atoms with Gasteiger partial charge in [0.15, 0.2) is 0 Å². The molecule has 1 aliphatic rings. The van der Waals surface area contributed by atoms with E-state index < -0.39 is 0 Å². The summed E-state index contributed by atoms with van der Waals surface area (Å²) in [6.45, 7) is 2.52. The second kappa shape index (κ2) is 7.51. The molecule has 0 aliphatic carbocycles. The molecule has 32 heavy (non-hydrogen) atoms. The van der Waals surface area contributed by atoms with Crippen LogP contribution in [-0.4, -0.2) is 36.0 Å². The Bertz CT molecular complexity index is 1470. The summed E-state index contributed by atoms with van der Waals surface area (Å²) in [5.74, 6) is 0.627. The third-order valence-corrected chi connectivity index (χ3v) is 5.88. The van der Waals surface area contributed by atoms with Gasteiger partial charge in [0.1, 0.15) is 17.3 Å². The molecule has 5 heterocycles. The number of halogens is 2. The van der Waals surface area contributed by atoms with Crippen LogP contribution in [0.25, 0.3) is 44.9 Å². The number of H-pyrrole nitrogens is 1. The number of hydrogen-bond acceptors (Lipinski definition) is 5. The SMILES string of the molecule is Fc1ccc(Cl)cc1-c1[nH]cnc1-c1ccc2ncc(-c3cnc4n3CCNC4)cc2n1. The van der Waals surface area contributed by atoms with Gasteiger partial charge in [-0.05, 0) is 36.4 Å². The second-order valence-electron chi connectivity index (χ2n) is 7.60. The van der Waals surface area contributed by atoms with Crippen molar-refractivity contribution in [3.8, 4) is 33.9 Å². The lowest BCUT2D eigenvalue weighted by molar-refractivity contribution is 0.508. The smallest absolute Gasteiger partial charge is 0.132 e. The summed E-state index contributed by atoms with van der Waals surface area (Å²) < 4.78 is 16.7. The molecular formula is C23H17ClFN7. The van der Waals surface area contributed by atoms with Crippen molar-refractivity contribution in [1.82, 2.24) is 34.8 Å². The lowest BCUT2D eigenvalue weighted by Crippen LogP contribution is -2.28. The minimum Gasteiger partial charge on any atom is -0.344 e. The van der Waals surface area contributed by atoms with Gasteiger partial charge in [-0.2, -0.15) is 0 Å². The summed E-state index contributed by atoms with van der Waals surface area (Å²) in [5, 5.41) is 3.77. The first-order valence-electron chi connectivity index (χ1n) is 10.2. The molecule has 0 saturated carbocycles. The Balaban J connectivity index is 1.45. The lowest BCUT2D eigenvalue weighted by Gasteiger charge is -2.17. The molecule has 0 atom stereocenters. The van der Waals surface area contributed by atoms with Crippen LogP contribution in [0.1, 0.15) is 5.82 Å². The van der Waals surface area contributed by atoms with Gasteiger partial charge in [-0.15, -0.1) is 0 Å². The van der Waals surface area contributed by atoms with Crippen LogP contribution in [0.3, 0.4) is 0 Å². The molecule has 0 unspecified atom stereocenters. The summed E-state index contributed by atoms with van der Waals surface area (Å²) in [5.41, 5.74) is 5.50. The average Bonchev–Trinajstić information content (AvgIpc) is 3.47. The van der Waals surface area contributed by atoms with E-state index in [1.165, 1.54) is 18.5 Å². The van der Waals surface area contributed by atoms with Gasteiger partial charge >= 0.3 is 0 Å². The summed E-state index contributed by atoms with van der Waals surface area (Å²) in [7, 11) is 0. The Morgan fingerprint density at radius 1 is 1.00 bits per heavy atom. The van der Waals surface area contributed by atoms with E-state index in [1.54, 1.807) is 6.07 Å². The molecule has 1 aliphatic heterocycles. The molecule has 0 fully saturated rings. The molecule has 0 saturated heterocycles. The largest absolute Gasteiger partial charge is 0.344 e. The van der Waals surface area contributed by atoms with Crippen molar-refractivity contribution in [1.29, 1.82) is 0 Å². The van der Waals surface area contributed by atoms with Crippen molar-refractivity contribution in [2.45, 2.75) is 13.1 Å². The minimum atomic E-state index is -0.385. The van der Waals surface area contributed by atoms with Gasteiger partial charge in [0, 0.05) is 35.4 Å². The Morgan fingerprint density at radius 2 is 1.94 bits per heavy atom. The van der Waals surface area contributed by atoms with E-state index in [-0.39, 0.29) is 5.82 Å². The Kier molecular flexibility index (Phi) is 4.48. The molecule has 0 amide bonds. The summed E-state index contributed by atoms with van der Waals surface area (Å²) in [6.07, 6.45) is 5.25. The van der Waals surface area contributed by atoms with E-state index in [0.717, 1.165) is 47.7 Å². The maximum absolute atomic E-state index is 14.5. The number of rotatable bonds is 3. The van der Waals surface area contributed by atoms with Crippen molar-refractivity contribution in [2.75, 3.05) is 6.54 Å². The van der Waals surface area contributed by atoms with Gasteiger partial charge in [-0.3, -0.25) is 4.98 Å². The average molecular weight is 446 g/mol. The fourth-order valence-electron chi connectivity index (χ4n) is 4.09. The quantitative estimate of drug-likeness (QED) is 0.428. The molecule has 1 aromatic carbocycles. The van der Waals surface area contributed by atoms with Gasteiger partial charge in [-0.1, -0.05) is 11.6 Å². The summed E-state index contributed by atoms with van der Waals surface area (Å²) >= 11 is 6.09. The van der Waals surface area contributed by atoms with Crippen LogP contribution in [0, 0.1) is 5.82 Å². The van der Waals surface area contributed by atoms with E-state index >= 15 is 0 Å². The molecule has 5 aromatic rings. The molecule has 6 rings (SSSR count). The highest BCUT2D eigenvalue weighted by atomic mass is 35.5. The summed E-state index contributed by atoms with van der Waals surface area (Å²) in [6, 6.07) is 10.2. The van der Waals surface area contributed by atoms with Crippen LogP contribution < -0.4 is 5.32 Å². The highest BCUT2D eigenvalue weighted by Crippen LogP contribution is 2.32. The lowest BCUT2D eigenvalue weighted by atomic mass is 10.1. The van der Waals surface area contributed by atoms with Gasteiger partial charge in [0.05, 0.1) is 47.2 Å². The van der Waals surface area contributed by atoms with Gasteiger partial charge < -0.3 is 14.9 Å². The monoisotopic (exact) mass is 445 g/mol. The van der Waals surface area contributed by atoms with E-state index in [9.17, 15) is 4.39 Å². The fourth-order valence-corrected chi connectivity index (χ4v) is 4.26. The number of nitrogens with one attached hydrogen (secondary N) is 2. The van der Waals surface area contributed by atoms with Crippen molar-refractivity contribution >= 4 is 22.6 Å². The fraction of sp³-hybridized carbons (Fsp3) is 0.130. The van der Waals surface area contributed by atoms with E-state index in [1.807, 2.05) is 30.6 Å². The van der Waals surface area contributed by atoms with Crippen LogP contribution in [0.2, 0.25) is 5.02 Å². The standard InChI is InChI=1S/C23H17ClFN7/c24-14-1-2-16(25)15(8-14)22-23(30-12-29-22)18-4-3-17-19(31-18)7-13(9-27-17)20-10-28-21-11-26-5-6-32(20)21/h1-4,7-10,12,26H,5-6,11H2,(H,29,30). The molecule has 0 bridgehead atoms. The number of benzene rings is 1. The Labute approximate surface area is 187 Å². The first kappa shape index (κ1) is 19.1. The molecule has 0 spiro atoms. The highest BCUT2D eigenvalue weighted by molar-refractivity contribution is 6.30. The van der Waals surface area contributed by atoms with Crippen molar-refractivity contribution in [3.63, 3.8) is 0 Å². The first-order valence-corrected chi connectivity index (χ1v) is 10.6. The van der Waals surface area contributed by atoms with Crippen LogP contribution in [0.15, 0.2) is 55.1 Å². The van der Waals surface area contributed by atoms with Crippen LogP contribution >= 0.6 is 11.6 Å². The molecular weight excluding hydrogens is 429 g/mol. The predicted octanol–water partition coefficient (Wildman–Crippen LogP) is 4.45. The maximum atomic E-state index is 14.5. The summed E-state index contributed by atoms with van der Waals surface area (Å²) in [4.78, 5) is 21.3. The maximum Gasteiger partial charge on any atom is 0.132 e. The topological polar surface area (TPSA) is 84.3 Å². The van der Waals surface area contributed by atoms with E-state index in [4.69, 9.17) is 16.6 Å². The first-order chi connectivity index (χ1) is 15.7. The third-order valence-electron chi connectivity index (χ3n) is 5.65. The number of pyridine rings is 2. The molecule has 0 radical (unpaired) electrons. The van der Waals surface area contributed by atoms with Gasteiger partial charge in [0.2, 0.25) is 0 Å². The number of aromatic nitrogens is 6. The molecule has 2 N–H and O–H groups in total. The number of imidazole rings is 2. The minimum absolute atomic E-state index is 0.346. The zero-order chi connectivity index (χ0) is 21.7. The number of hydrogen-bond donors (Lipinski definition) is 2. The number of nitrogens with zero attached hydrogens (tertiary/aromatic N) is 5. The molecule has 9 heteroatoms. The molecule has 4 aromatic heterocycles. The van der Waals surface area contributed by atoms with Crippen molar-refractivity contribution in [3.05, 3.63) is 71.8 Å². The van der Waals surface area contributed by atoms with Gasteiger partial charge in [0.25, 0.3) is 0 Å². The normalized spacial score (nSPS) is 13.4. The Hall–Kier alpha value is -3.62. The van der Waals surface area contributed by atoms with E-state index in [0.29, 0.717) is 27.7 Å². The van der Waals surface area contributed by atoms with Gasteiger partial charge in [-0.25, -0.2) is 19.3 Å². The van der Waals surface area contributed by atoms with Crippen LogP contribution in [0.4, 0.5) is 4.39 Å².